The number of rotatable bonds is 3. The van der Waals surface area contributed by atoms with Gasteiger partial charge >= 0.3 is 0 Å². The van der Waals surface area contributed by atoms with E-state index in [4.69, 9.17) is 0 Å². The molecule has 3 nitrogen and oxygen atoms in total. The first kappa shape index (κ1) is 10.6. The van der Waals surface area contributed by atoms with Gasteiger partial charge < -0.3 is 0 Å². The fourth-order valence-electron chi connectivity index (χ4n) is 0.838. The molecule has 1 radical (unpaired) electrons. The predicted molar refractivity (Wildman–Crippen MR) is 53.9 cm³/mol. The minimum absolute atomic E-state index is 0.236. The summed E-state index contributed by atoms with van der Waals surface area (Å²) in [5, 5.41) is 0. The van der Waals surface area contributed by atoms with Crippen LogP contribution in [0, 0.1) is 7.05 Å². The van der Waals surface area contributed by atoms with Gasteiger partial charge in [0, 0.05) is 11.9 Å². The van der Waals surface area contributed by atoms with Crippen molar-refractivity contribution in [2.45, 2.75) is 9.79 Å². The first-order valence-electron chi connectivity index (χ1n) is 3.53. The summed E-state index contributed by atoms with van der Waals surface area (Å²) in [4.78, 5) is 1.27. The van der Waals surface area contributed by atoms with Gasteiger partial charge in [-0.05, 0) is 30.5 Å². The van der Waals surface area contributed by atoms with E-state index in [1.165, 1.54) is 0 Å². The van der Waals surface area contributed by atoms with E-state index in [2.05, 4.69) is 7.05 Å². The van der Waals surface area contributed by atoms with E-state index < -0.39 is 10.0 Å². The van der Waals surface area contributed by atoms with Crippen LogP contribution in [0.5, 0.6) is 0 Å². The van der Waals surface area contributed by atoms with Gasteiger partial charge in [-0.15, -0.1) is 11.8 Å². The van der Waals surface area contributed by atoms with Gasteiger partial charge in [0.2, 0.25) is 10.0 Å². The number of thioether (sulfide) groups is 1. The number of sulfonamides is 1. The minimum Gasteiger partial charge on any atom is -0.210 e. The quantitative estimate of drug-likeness (QED) is 0.778. The van der Waals surface area contributed by atoms with Gasteiger partial charge in [0.1, 0.15) is 0 Å². The Labute approximate surface area is 82.6 Å². The first-order valence-corrected chi connectivity index (χ1v) is 6.24. The summed E-state index contributed by atoms with van der Waals surface area (Å²) < 4.78 is 24.5. The molecule has 1 aromatic carbocycles. The van der Waals surface area contributed by atoms with E-state index in [-0.39, 0.29) is 4.90 Å². The Hall–Kier alpha value is -0.520. The van der Waals surface area contributed by atoms with Crippen molar-refractivity contribution in [2.24, 2.45) is 0 Å². The number of hydrogen-bond acceptors (Lipinski definition) is 3. The molecule has 5 heteroatoms. The van der Waals surface area contributed by atoms with Crippen molar-refractivity contribution in [3.05, 3.63) is 31.3 Å². The molecule has 1 rings (SSSR count). The minimum atomic E-state index is -3.39. The van der Waals surface area contributed by atoms with Gasteiger partial charge in [-0.1, -0.05) is 0 Å². The molecule has 1 N–H and O–H groups in total. The SMILES string of the molecule is [CH2]NS(=O)(=O)c1ccc(SC)cc1. The Morgan fingerprint density at radius 1 is 1.31 bits per heavy atom. The van der Waals surface area contributed by atoms with Crippen molar-refractivity contribution in [1.29, 1.82) is 0 Å². The smallest absolute Gasteiger partial charge is 0.210 e. The Kier molecular flexibility index (Phi) is 3.35. The number of benzene rings is 1. The van der Waals surface area contributed by atoms with Crippen LogP contribution in [0.4, 0.5) is 0 Å². The molecule has 0 amide bonds. The summed E-state index contributed by atoms with van der Waals surface area (Å²) in [6.45, 7) is 0. The van der Waals surface area contributed by atoms with Crippen LogP contribution >= 0.6 is 11.8 Å². The van der Waals surface area contributed by atoms with Crippen LogP contribution in [0.25, 0.3) is 0 Å². The zero-order valence-electron chi connectivity index (χ0n) is 7.15. The fraction of sp³-hybridized carbons (Fsp3) is 0.125. The van der Waals surface area contributed by atoms with E-state index in [9.17, 15) is 8.42 Å². The van der Waals surface area contributed by atoms with Crippen LogP contribution < -0.4 is 4.72 Å². The van der Waals surface area contributed by atoms with Crippen molar-refractivity contribution in [3.63, 3.8) is 0 Å². The molecule has 0 heterocycles. The molecular weight excluding hydrogens is 206 g/mol. The molecule has 0 aromatic heterocycles. The second-order valence-electron chi connectivity index (χ2n) is 2.32. The van der Waals surface area contributed by atoms with E-state index in [0.29, 0.717) is 0 Å². The summed E-state index contributed by atoms with van der Waals surface area (Å²) in [5.74, 6) is 0. The largest absolute Gasteiger partial charge is 0.240 e. The highest BCUT2D eigenvalue weighted by atomic mass is 32.2. The lowest BCUT2D eigenvalue weighted by atomic mass is 10.4. The maximum atomic E-state index is 11.2. The van der Waals surface area contributed by atoms with Gasteiger partial charge in [0.05, 0.1) is 4.90 Å². The monoisotopic (exact) mass is 216 g/mol. The molecule has 0 aliphatic rings. The lowest BCUT2D eigenvalue weighted by Gasteiger charge is -2.02. The first-order chi connectivity index (χ1) is 6.10. The van der Waals surface area contributed by atoms with Gasteiger partial charge in [-0.3, -0.25) is 0 Å². The van der Waals surface area contributed by atoms with Gasteiger partial charge in [0.25, 0.3) is 0 Å². The average molecular weight is 216 g/mol. The van der Waals surface area contributed by atoms with Crippen molar-refractivity contribution < 1.29 is 8.42 Å². The van der Waals surface area contributed by atoms with Crippen molar-refractivity contribution >= 4 is 21.8 Å². The van der Waals surface area contributed by atoms with Crippen LogP contribution in [-0.4, -0.2) is 14.7 Å². The van der Waals surface area contributed by atoms with Crippen LogP contribution in [-0.2, 0) is 10.0 Å². The van der Waals surface area contributed by atoms with Gasteiger partial charge in [-0.2, -0.15) is 0 Å². The summed E-state index contributed by atoms with van der Waals surface area (Å²) in [6, 6.07) is 6.63. The highest BCUT2D eigenvalue weighted by molar-refractivity contribution is 7.98. The standard InChI is InChI=1S/C8H10NO2S2/c1-9-13(10,11)8-5-3-7(12-2)4-6-8/h3-6,9H,1H2,2H3. The molecule has 0 saturated heterocycles. The Morgan fingerprint density at radius 3 is 2.23 bits per heavy atom. The molecular formula is C8H10NO2S2. The van der Waals surface area contributed by atoms with E-state index in [1.807, 2.05) is 11.0 Å². The molecule has 71 valence electrons. The van der Waals surface area contributed by atoms with Crippen LogP contribution in [0.1, 0.15) is 0 Å². The Morgan fingerprint density at radius 2 is 1.85 bits per heavy atom. The summed E-state index contributed by atoms with van der Waals surface area (Å²) in [5.41, 5.74) is 0. The van der Waals surface area contributed by atoms with Crippen molar-refractivity contribution in [1.82, 2.24) is 4.72 Å². The third-order valence-electron chi connectivity index (χ3n) is 1.56. The van der Waals surface area contributed by atoms with Crippen LogP contribution in [0.3, 0.4) is 0 Å². The fourth-order valence-corrected chi connectivity index (χ4v) is 1.91. The second-order valence-corrected chi connectivity index (χ2v) is 4.97. The van der Waals surface area contributed by atoms with Crippen molar-refractivity contribution in [3.8, 4) is 0 Å². The maximum Gasteiger partial charge on any atom is 0.240 e. The number of nitrogens with one attached hydrogen (secondary N) is 1. The van der Waals surface area contributed by atoms with Gasteiger partial charge in [0.15, 0.2) is 0 Å². The average Bonchev–Trinajstić information content (AvgIpc) is 2.18. The third kappa shape index (κ3) is 2.46. The van der Waals surface area contributed by atoms with E-state index in [1.54, 1.807) is 36.0 Å². The third-order valence-corrected chi connectivity index (χ3v) is 3.58. The number of hydrogen-bond donors (Lipinski definition) is 1. The molecule has 0 spiro atoms. The lowest BCUT2D eigenvalue weighted by Crippen LogP contribution is -2.16. The molecule has 0 fully saturated rings. The second kappa shape index (κ2) is 4.13. The highest BCUT2D eigenvalue weighted by Gasteiger charge is 2.09. The molecule has 13 heavy (non-hydrogen) atoms. The van der Waals surface area contributed by atoms with Crippen molar-refractivity contribution in [2.75, 3.05) is 6.26 Å². The van der Waals surface area contributed by atoms with Crippen LogP contribution in [0.2, 0.25) is 0 Å². The highest BCUT2D eigenvalue weighted by Crippen LogP contribution is 2.17. The molecule has 0 atom stereocenters. The topological polar surface area (TPSA) is 46.2 Å². The predicted octanol–water partition coefficient (Wildman–Crippen LogP) is 1.48. The zero-order chi connectivity index (χ0) is 9.90. The Bertz CT molecular complexity index is 370. The molecule has 0 saturated carbocycles. The van der Waals surface area contributed by atoms with E-state index >= 15 is 0 Å². The summed E-state index contributed by atoms with van der Waals surface area (Å²) >= 11 is 1.56. The molecule has 0 aliphatic carbocycles. The molecule has 0 unspecified atom stereocenters. The Balaban J connectivity index is 3.06. The summed E-state index contributed by atoms with van der Waals surface area (Å²) in [6.07, 6.45) is 1.93. The maximum absolute atomic E-state index is 11.2. The van der Waals surface area contributed by atoms with E-state index in [0.717, 1.165) is 4.90 Å². The molecule has 0 aliphatic heterocycles. The normalized spacial score (nSPS) is 11.5. The zero-order valence-corrected chi connectivity index (χ0v) is 8.78. The summed E-state index contributed by atoms with van der Waals surface area (Å²) in [7, 11) is -0.260. The molecule has 1 aromatic rings. The lowest BCUT2D eigenvalue weighted by molar-refractivity contribution is 0.590. The molecule has 0 bridgehead atoms. The van der Waals surface area contributed by atoms with Crippen LogP contribution in [0.15, 0.2) is 34.1 Å². The van der Waals surface area contributed by atoms with Gasteiger partial charge in [-0.25, -0.2) is 13.1 Å².